The molecule has 1 aromatic carbocycles. The van der Waals surface area contributed by atoms with Crippen molar-refractivity contribution < 1.29 is 23.1 Å². The van der Waals surface area contributed by atoms with Crippen LogP contribution in [0.4, 0.5) is 8.78 Å². The van der Waals surface area contributed by atoms with Crippen molar-refractivity contribution in [3.8, 4) is 11.5 Å². The van der Waals surface area contributed by atoms with E-state index in [9.17, 15) is 13.6 Å². The van der Waals surface area contributed by atoms with Crippen LogP contribution in [-0.4, -0.2) is 21.3 Å². The van der Waals surface area contributed by atoms with E-state index in [2.05, 4.69) is 10.2 Å². The van der Waals surface area contributed by atoms with Crippen molar-refractivity contribution in [1.82, 2.24) is 10.2 Å². The summed E-state index contributed by atoms with van der Waals surface area (Å²) in [5, 5.41) is 16.0. The van der Waals surface area contributed by atoms with Crippen molar-refractivity contribution in [3.63, 3.8) is 0 Å². The number of nitrogens with zero attached hydrogens (tertiary/aromatic N) is 2. The molecule has 0 radical (unpaired) electrons. The summed E-state index contributed by atoms with van der Waals surface area (Å²) in [6.07, 6.45) is 1.65. The lowest BCUT2D eigenvalue weighted by Crippen LogP contribution is -1.95. The standard InChI is InChI=1S/C13H12F2N2O3/c14-9-6-5-8(7-10(9)15)13-17-16-11(20-13)3-1-2-4-12(18)19/h5-7H,1-4H2,(H,18,19). The van der Waals surface area contributed by atoms with Gasteiger partial charge in [0.05, 0.1) is 0 Å². The number of aromatic nitrogens is 2. The van der Waals surface area contributed by atoms with Gasteiger partial charge in [-0.15, -0.1) is 10.2 Å². The fourth-order valence-corrected chi connectivity index (χ4v) is 1.65. The van der Waals surface area contributed by atoms with Crippen LogP contribution in [0.15, 0.2) is 22.6 Å². The van der Waals surface area contributed by atoms with Gasteiger partial charge in [0.15, 0.2) is 11.6 Å². The molecular formula is C13H12F2N2O3. The third-order valence-electron chi connectivity index (χ3n) is 2.66. The van der Waals surface area contributed by atoms with E-state index in [0.717, 1.165) is 12.1 Å². The minimum absolute atomic E-state index is 0.0875. The maximum Gasteiger partial charge on any atom is 0.303 e. The Morgan fingerprint density at radius 3 is 2.70 bits per heavy atom. The second-order valence-electron chi connectivity index (χ2n) is 4.23. The summed E-state index contributed by atoms with van der Waals surface area (Å²) >= 11 is 0. The summed E-state index contributed by atoms with van der Waals surface area (Å²) < 4.78 is 31.2. The van der Waals surface area contributed by atoms with E-state index >= 15 is 0 Å². The van der Waals surface area contributed by atoms with Gasteiger partial charge in [-0.2, -0.15) is 0 Å². The summed E-state index contributed by atoms with van der Waals surface area (Å²) in [5.74, 6) is -2.32. The van der Waals surface area contributed by atoms with Gasteiger partial charge in [0.2, 0.25) is 11.8 Å². The number of halogens is 2. The molecule has 5 nitrogen and oxygen atoms in total. The van der Waals surface area contributed by atoms with E-state index in [1.54, 1.807) is 0 Å². The molecule has 0 fully saturated rings. The Balaban J connectivity index is 1.97. The molecule has 0 atom stereocenters. The molecule has 0 saturated carbocycles. The topological polar surface area (TPSA) is 76.2 Å². The summed E-state index contributed by atoms with van der Waals surface area (Å²) in [4.78, 5) is 10.3. The van der Waals surface area contributed by atoms with Gasteiger partial charge in [-0.05, 0) is 31.0 Å². The van der Waals surface area contributed by atoms with Crippen LogP contribution in [0.5, 0.6) is 0 Å². The summed E-state index contributed by atoms with van der Waals surface area (Å²) in [5.41, 5.74) is 0.299. The third kappa shape index (κ3) is 3.59. The predicted molar refractivity (Wildman–Crippen MR) is 64.8 cm³/mol. The first kappa shape index (κ1) is 14.1. The molecule has 2 rings (SSSR count). The third-order valence-corrected chi connectivity index (χ3v) is 2.66. The number of carbonyl (C=O) groups is 1. The Morgan fingerprint density at radius 1 is 1.20 bits per heavy atom. The van der Waals surface area contributed by atoms with Crippen molar-refractivity contribution in [2.75, 3.05) is 0 Å². The molecule has 0 aliphatic carbocycles. The Morgan fingerprint density at radius 2 is 2.00 bits per heavy atom. The fourth-order valence-electron chi connectivity index (χ4n) is 1.65. The fraction of sp³-hybridized carbons (Fsp3) is 0.308. The van der Waals surface area contributed by atoms with Crippen molar-refractivity contribution in [2.45, 2.75) is 25.7 Å². The molecular weight excluding hydrogens is 270 g/mol. The number of benzene rings is 1. The largest absolute Gasteiger partial charge is 0.481 e. The first-order chi connectivity index (χ1) is 9.56. The van der Waals surface area contributed by atoms with Gasteiger partial charge >= 0.3 is 5.97 Å². The first-order valence-electron chi connectivity index (χ1n) is 6.06. The Hall–Kier alpha value is -2.31. The SMILES string of the molecule is O=C(O)CCCCc1nnc(-c2ccc(F)c(F)c2)o1. The van der Waals surface area contributed by atoms with Gasteiger partial charge in [-0.3, -0.25) is 4.79 Å². The average Bonchev–Trinajstić information content (AvgIpc) is 2.86. The normalized spacial score (nSPS) is 10.7. The zero-order chi connectivity index (χ0) is 14.5. The van der Waals surface area contributed by atoms with Crippen molar-refractivity contribution >= 4 is 5.97 Å². The monoisotopic (exact) mass is 282 g/mol. The van der Waals surface area contributed by atoms with E-state index in [1.165, 1.54) is 6.07 Å². The van der Waals surface area contributed by atoms with Crippen molar-refractivity contribution in [1.29, 1.82) is 0 Å². The summed E-state index contributed by atoms with van der Waals surface area (Å²) in [6.45, 7) is 0. The maximum atomic E-state index is 13.1. The van der Waals surface area contributed by atoms with Gasteiger partial charge in [0.25, 0.3) is 0 Å². The van der Waals surface area contributed by atoms with Gasteiger partial charge in [-0.1, -0.05) is 0 Å². The zero-order valence-electron chi connectivity index (χ0n) is 10.5. The number of carboxylic acids is 1. The van der Waals surface area contributed by atoms with E-state index in [1.807, 2.05) is 0 Å². The van der Waals surface area contributed by atoms with E-state index in [4.69, 9.17) is 9.52 Å². The molecule has 0 bridgehead atoms. The molecule has 0 unspecified atom stereocenters. The van der Waals surface area contributed by atoms with Crippen molar-refractivity contribution in [3.05, 3.63) is 35.7 Å². The molecule has 1 aromatic heterocycles. The first-order valence-corrected chi connectivity index (χ1v) is 6.06. The van der Waals surface area contributed by atoms with Crippen LogP contribution in [-0.2, 0) is 11.2 Å². The van der Waals surface area contributed by atoms with Gasteiger partial charge in [0, 0.05) is 18.4 Å². The molecule has 0 amide bonds. The highest BCUT2D eigenvalue weighted by Gasteiger charge is 2.11. The van der Waals surface area contributed by atoms with E-state index < -0.39 is 17.6 Å². The molecule has 2 aromatic rings. The van der Waals surface area contributed by atoms with E-state index in [0.29, 0.717) is 30.7 Å². The van der Waals surface area contributed by atoms with Crippen LogP contribution in [0.25, 0.3) is 11.5 Å². The van der Waals surface area contributed by atoms with Crippen LogP contribution in [0.3, 0.4) is 0 Å². The second kappa shape index (κ2) is 6.23. The summed E-state index contributed by atoms with van der Waals surface area (Å²) in [7, 11) is 0. The van der Waals surface area contributed by atoms with Crippen LogP contribution in [0, 0.1) is 11.6 Å². The minimum Gasteiger partial charge on any atom is -0.481 e. The maximum absolute atomic E-state index is 13.1. The van der Waals surface area contributed by atoms with Gasteiger partial charge in [-0.25, -0.2) is 8.78 Å². The summed E-state index contributed by atoms with van der Waals surface area (Å²) in [6, 6.07) is 3.32. The number of hydrogen-bond acceptors (Lipinski definition) is 4. The quantitative estimate of drug-likeness (QED) is 0.824. The van der Waals surface area contributed by atoms with Gasteiger partial charge in [0.1, 0.15) is 0 Å². The lowest BCUT2D eigenvalue weighted by atomic mass is 10.2. The Labute approximate surface area is 113 Å². The van der Waals surface area contributed by atoms with Crippen LogP contribution in [0.1, 0.15) is 25.2 Å². The van der Waals surface area contributed by atoms with Gasteiger partial charge < -0.3 is 9.52 Å². The number of carboxylic acid groups (broad SMARTS) is 1. The number of aryl methyl sites for hydroxylation is 1. The highest BCUT2D eigenvalue weighted by atomic mass is 19.2. The molecule has 1 N–H and O–H groups in total. The van der Waals surface area contributed by atoms with Crippen LogP contribution >= 0.6 is 0 Å². The Bertz CT molecular complexity index is 613. The molecule has 0 aliphatic heterocycles. The van der Waals surface area contributed by atoms with Crippen LogP contribution in [0.2, 0.25) is 0 Å². The lowest BCUT2D eigenvalue weighted by molar-refractivity contribution is -0.137. The number of aliphatic carboxylic acids is 1. The number of unbranched alkanes of at least 4 members (excludes halogenated alkanes) is 1. The second-order valence-corrected chi connectivity index (χ2v) is 4.23. The number of rotatable bonds is 6. The average molecular weight is 282 g/mol. The number of hydrogen-bond donors (Lipinski definition) is 1. The highest BCUT2D eigenvalue weighted by Crippen LogP contribution is 2.20. The Kier molecular flexibility index (Phi) is 4.39. The molecule has 20 heavy (non-hydrogen) atoms. The van der Waals surface area contributed by atoms with Crippen LogP contribution < -0.4 is 0 Å². The molecule has 0 saturated heterocycles. The predicted octanol–water partition coefficient (Wildman–Crippen LogP) is 2.81. The molecule has 0 spiro atoms. The smallest absolute Gasteiger partial charge is 0.303 e. The molecule has 1 heterocycles. The zero-order valence-corrected chi connectivity index (χ0v) is 10.5. The minimum atomic E-state index is -0.983. The van der Waals surface area contributed by atoms with Crippen molar-refractivity contribution in [2.24, 2.45) is 0 Å². The molecule has 7 heteroatoms. The highest BCUT2D eigenvalue weighted by molar-refractivity contribution is 5.66. The molecule has 0 aliphatic rings. The van der Waals surface area contributed by atoms with E-state index in [-0.39, 0.29) is 12.3 Å². The molecule has 106 valence electrons. The lowest BCUT2D eigenvalue weighted by Gasteiger charge is -1.96.